The van der Waals surface area contributed by atoms with Gasteiger partial charge in [-0.2, -0.15) is 0 Å². The van der Waals surface area contributed by atoms with Crippen molar-refractivity contribution in [3.63, 3.8) is 0 Å². The van der Waals surface area contributed by atoms with Crippen molar-refractivity contribution in [2.75, 3.05) is 6.61 Å². The van der Waals surface area contributed by atoms with Gasteiger partial charge in [-0.3, -0.25) is 0 Å². The summed E-state index contributed by atoms with van der Waals surface area (Å²) in [6.45, 7) is 6.88. The third-order valence-corrected chi connectivity index (χ3v) is 4.72. The Morgan fingerprint density at radius 3 is 2.67 bits per heavy atom. The molecule has 0 aliphatic carbocycles. The fourth-order valence-electron chi connectivity index (χ4n) is 1.55. The van der Waals surface area contributed by atoms with Gasteiger partial charge in [0.25, 0.3) is 0 Å². The molecule has 0 aliphatic heterocycles. The van der Waals surface area contributed by atoms with Crippen LogP contribution in [0.1, 0.15) is 38.1 Å². The van der Waals surface area contributed by atoms with Gasteiger partial charge in [-0.15, -0.1) is 11.3 Å². The SMILES string of the molecule is CCOC(C)(CC)C(N)c1sccc1Br. The van der Waals surface area contributed by atoms with Crippen LogP contribution in [0.2, 0.25) is 0 Å². The number of nitrogens with two attached hydrogens (primary N) is 1. The molecule has 4 heteroatoms. The third kappa shape index (κ3) is 2.81. The average Bonchev–Trinajstić information content (AvgIpc) is 2.63. The van der Waals surface area contributed by atoms with Crippen LogP contribution in [-0.4, -0.2) is 12.2 Å². The second kappa shape index (κ2) is 5.43. The van der Waals surface area contributed by atoms with E-state index in [1.807, 2.05) is 18.4 Å². The Bertz CT molecular complexity index is 315. The molecule has 0 saturated carbocycles. The van der Waals surface area contributed by atoms with Crippen LogP contribution in [0.4, 0.5) is 0 Å². The topological polar surface area (TPSA) is 35.2 Å². The molecule has 0 saturated heterocycles. The Hall–Kier alpha value is 0.100. The molecule has 0 fully saturated rings. The average molecular weight is 292 g/mol. The Morgan fingerprint density at radius 1 is 1.60 bits per heavy atom. The molecule has 86 valence electrons. The highest BCUT2D eigenvalue weighted by Gasteiger charge is 2.33. The second-order valence-electron chi connectivity index (χ2n) is 3.71. The molecular weight excluding hydrogens is 274 g/mol. The summed E-state index contributed by atoms with van der Waals surface area (Å²) in [5, 5.41) is 2.04. The lowest BCUT2D eigenvalue weighted by molar-refractivity contribution is -0.0466. The molecule has 2 nitrogen and oxygen atoms in total. The first-order valence-corrected chi connectivity index (χ1v) is 6.84. The molecule has 1 aromatic heterocycles. The van der Waals surface area contributed by atoms with Crippen molar-refractivity contribution >= 4 is 27.3 Å². The standard InChI is InChI=1S/C11H18BrNOS/c1-4-11(3,14-5-2)10(13)9-8(12)6-7-15-9/h6-7,10H,4-5,13H2,1-3H3. The van der Waals surface area contributed by atoms with Crippen LogP contribution in [0.15, 0.2) is 15.9 Å². The maximum Gasteiger partial charge on any atom is 0.0851 e. The van der Waals surface area contributed by atoms with Crippen molar-refractivity contribution in [3.05, 3.63) is 20.8 Å². The van der Waals surface area contributed by atoms with Crippen LogP contribution in [0, 0.1) is 0 Å². The van der Waals surface area contributed by atoms with E-state index < -0.39 is 0 Å². The van der Waals surface area contributed by atoms with Gasteiger partial charge in [0.05, 0.1) is 11.6 Å². The van der Waals surface area contributed by atoms with Gasteiger partial charge in [0, 0.05) is 16.0 Å². The molecule has 0 bridgehead atoms. The lowest BCUT2D eigenvalue weighted by Crippen LogP contribution is -2.40. The first-order valence-electron chi connectivity index (χ1n) is 5.17. The predicted molar refractivity (Wildman–Crippen MR) is 69.3 cm³/mol. The number of thiophene rings is 1. The third-order valence-electron chi connectivity index (χ3n) is 2.76. The van der Waals surface area contributed by atoms with E-state index in [2.05, 4.69) is 29.8 Å². The fraction of sp³-hybridized carbons (Fsp3) is 0.636. The molecule has 0 aromatic carbocycles. The number of hydrogen-bond donors (Lipinski definition) is 1. The first kappa shape index (κ1) is 13.2. The molecule has 0 amide bonds. The molecule has 0 spiro atoms. The lowest BCUT2D eigenvalue weighted by Gasteiger charge is -2.34. The second-order valence-corrected chi connectivity index (χ2v) is 5.51. The number of hydrogen-bond acceptors (Lipinski definition) is 3. The van der Waals surface area contributed by atoms with Crippen LogP contribution in [0.25, 0.3) is 0 Å². The quantitative estimate of drug-likeness (QED) is 0.897. The molecule has 1 rings (SSSR count). The van der Waals surface area contributed by atoms with Gasteiger partial charge in [0.2, 0.25) is 0 Å². The Balaban J connectivity index is 2.91. The minimum Gasteiger partial charge on any atom is -0.374 e. The van der Waals surface area contributed by atoms with Crippen molar-refractivity contribution in [2.24, 2.45) is 5.73 Å². The van der Waals surface area contributed by atoms with Gasteiger partial charge in [0.1, 0.15) is 0 Å². The summed E-state index contributed by atoms with van der Waals surface area (Å²) >= 11 is 5.19. The minimum absolute atomic E-state index is 0.0724. The van der Waals surface area contributed by atoms with Crippen LogP contribution < -0.4 is 5.73 Å². The molecule has 1 heterocycles. The number of rotatable bonds is 5. The number of halogens is 1. The van der Waals surface area contributed by atoms with Gasteiger partial charge >= 0.3 is 0 Å². The molecule has 2 atom stereocenters. The van der Waals surface area contributed by atoms with Crippen LogP contribution >= 0.6 is 27.3 Å². The van der Waals surface area contributed by atoms with Crippen molar-refractivity contribution in [1.29, 1.82) is 0 Å². The minimum atomic E-state index is -0.276. The van der Waals surface area contributed by atoms with E-state index >= 15 is 0 Å². The Labute approximate surface area is 104 Å². The summed E-state index contributed by atoms with van der Waals surface area (Å²) in [7, 11) is 0. The molecule has 0 aliphatic rings. The predicted octanol–water partition coefficient (Wildman–Crippen LogP) is 3.72. The summed E-state index contributed by atoms with van der Waals surface area (Å²) in [5.41, 5.74) is 6.00. The summed E-state index contributed by atoms with van der Waals surface area (Å²) in [5.74, 6) is 0. The maximum atomic E-state index is 6.27. The van der Waals surface area contributed by atoms with Crippen molar-refractivity contribution in [2.45, 2.75) is 38.8 Å². The van der Waals surface area contributed by atoms with E-state index in [1.54, 1.807) is 11.3 Å². The zero-order chi connectivity index (χ0) is 11.5. The Morgan fingerprint density at radius 2 is 2.27 bits per heavy atom. The van der Waals surface area contributed by atoms with E-state index in [-0.39, 0.29) is 11.6 Å². The fourth-order valence-corrected chi connectivity index (χ4v) is 3.31. The van der Waals surface area contributed by atoms with Crippen molar-refractivity contribution < 1.29 is 4.74 Å². The van der Waals surface area contributed by atoms with E-state index in [4.69, 9.17) is 10.5 Å². The Kier molecular flexibility index (Phi) is 4.77. The van der Waals surface area contributed by atoms with E-state index in [9.17, 15) is 0 Å². The molecule has 2 unspecified atom stereocenters. The highest BCUT2D eigenvalue weighted by Crippen LogP contribution is 2.37. The van der Waals surface area contributed by atoms with Gasteiger partial charge in [-0.25, -0.2) is 0 Å². The van der Waals surface area contributed by atoms with E-state index in [1.165, 1.54) is 0 Å². The van der Waals surface area contributed by atoms with Gasteiger partial charge in [-0.05, 0) is 47.6 Å². The van der Waals surface area contributed by atoms with Gasteiger partial charge in [0.15, 0.2) is 0 Å². The highest BCUT2D eigenvalue weighted by molar-refractivity contribution is 9.10. The molecule has 2 N–H and O–H groups in total. The van der Waals surface area contributed by atoms with Crippen LogP contribution in [0.3, 0.4) is 0 Å². The van der Waals surface area contributed by atoms with Crippen LogP contribution in [0.5, 0.6) is 0 Å². The molecular formula is C11H18BrNOS. The molecule has 0 radical (unpaired) electrons. The smallest absolute Gasteiger partial charge is 0.0851 e. The summed E-state index contributed by atoms with van der Waals surface area (Å²) in [6.07, 6.45) is 0.909. The summed E-state index contributed by atoms with van der Waals surface area (Å²) in [4.78, 5) is 1.16. The molecule has 15 heavy (non-hydrogen) atoms. The normalized spacial score (nSPS) is 17.4. The lowest BCUT2D eigenvalue weighted by atomic mass is 9.92. The van der Waals surface area contributed by atoms with Gasteiger partial charge in [-0.1, -0.05) is 6.92 Å². The van der Waals surface area contributed by atoms with Crippen molar-refractivity contribution in [1.82, 2.24) is 0 Å². The van der Waals surface area contributed by atoms with Crippen molar-refractivity contribution in [3.8, 4) is 0 Å². The maximum absolute atomic E-state index is 6.27. The zero-order valence-electron chi connectivity index (χ0n) is 9.42. The van der Waals surface area contributed by atoms with E-state index in [0.29, 0.717) is 6.61 Å². The summed E-state index contributed by atoms with van der Waals surface area (Å²) < 4.78 is 6.86. The van der Waals surface area contributed by atoms with Gasteiger partial charge < -0.3 is 10.5 Å². The number of ether oxygens (including phenoxy) is 1. The largest absolute Gasteiger partial charge is 0.374 e. The zero-order valence-corrected chi connectivity index (χ0v) is 11.8. The van der Waals surface area contributed by atoms with E-state index in [0.717, 1.165) is 15.8 Å². The monoisotopic (exact) mass is 291 g/mol. The van der Waals surface area contributed by atoms with Crippen LogP contribution in [-0.2, 0) is 4.74 Å². The highest BCUT2D eigenvalue weighted by atomic mass is 79.9. The first-order chi connectivity index (χ1) is 7.05. The summed E-state index contributed by atoms with van der Waals surface area (Å²) in [6, 6.07) is 1.96. The molecule has 1 aromatic rings.